The molecule has 96 valence electrons. The first kappa shape index (κ1) is 15.7. The number of hydrogen-bond acceptors (Lipinski definition) is 2. The second-order valence-electron chi connectivity index (χ2n) is 5.23. The van der Waals surface area contributed by atoms with Crippen molar-refractivity contribution in [1.82, 2.24) is 4.90 Å². The Balaban J connectivity index is 0.00000225. The van der Waals surface area contributed by atoms with Crippen molar-refractivity contribution in [2.24, 2.45) is 17.6 Å². The molecule has 1 aliphatic rings. The van der Waals surface area contributed by atoms with Crippen LogP contribution in [-0.2, 0) is 4.79 Å². The Morgan fingerprint density at radius 2 is 2.06 bits per heavy atom. The maximum atomic E-state index is 11.9. The Labute approximate surface area is 105 Å². The number of nitrogens with zero attached hydrogens (tertiary/aromatic N) is 1. The van der Waals surface area contributed by atoms with Gasteiger partial charge in [-0.2, -0.15) is 0 Å². The van der Waals surface area contributed by atoms with Crippen molar-refractivity contribution in [2.75, 3.05) is 13.6 Å². The zero-order valence-electron chi connectivity index (χ0n) is 10.6. The summed E-state index contributed by atoms with van der Waals surface area (Å²) in [6.07, 6.45) is 4.05. The number of nitrogens with two attached hydrogens (primary N) is 1. The molecule has 4 heteroatoms. The fourth-order valence-electron chi connectivity index (χ4n) is 2.35. The first-order valence-corrected chi connectivity index (χ1v) is 6.00. The van der Waals surface area contributed by atoms with Crippen molar-refractivity contribution >= 4 is 18.3 Å². The largest absolute Gasteiger partial charge is 0.345 e. The standard InChI is InChI=1S/C12H24N2O.ClH/c1-9(2)8-14(3)12(15)7-10-5-4-6-11(10)13;/h9-11H,4-8,13H2,1-3H3;1H/t10-,11+;/m0./s1. The number of carbonyl (C=O) groups is 1. The van der Waals surface area contributed by atoms with E-state index in [1.807, 2.05) is 11.9 Å². The predicted octanol–water partition coefficient (Wildman–Crippen LogP) is 2.04. The second-order valence-corrected chi connectivity index (χ2v) is 5.23. The Kier molecular flexibility index (Phi) is 7.00. The van der Waals surface area contributed by atoms with Crippen molar-refractivity contribution in [2.45, 2.75) is 45.6 Å². The molecule has 16 heavy (non-hydrogen) atoms. The van der Waals surface area contributed by atoms with Crippen molar-refractivity contribution < 1.29 is 4.79 Å². The smallest absolute Gasteiger partial charge is 0.222 e. The minimum absolute atomic E-state index is 0. The highest BCUT2D eigenvalue weighted by Gasteiger charge is 2.27. The van der Waals surface area contributed by atoms with Crippen LogP contribution in [0.15, 0.2) is 0 Å². The minimum atomic E-state index is 0. The molecule has 1 saturated carbocycles. The summed E-state index contributed by atoms with van der Waals surface area (Å²) in [5.41, 5.74) is 5.96. The molecule has 2 atom stereocenters. The Morgan fingerprint density at radius 3 is 2.50 bits per heavy atom. The van der Waals surface area contributed by atoms with Gasteiger partial charge in [0.2, 0.25) is 5.91 Å². The molecule has 0 unspecified atom stereocenters. The van der Waals surface area contributed by atoms with Crippen molar-refractivity contribution in [3.05, 3.63) is 0 Å². The van der Waals surface area contributed by atoms with E-state index in [2.05, 4.69) is 13.8 Å². The molecule has 1 fully saturated rings. The summed E-state index contributed by atoms with van der Waals surface area (Å²) in [4.78, 5) is 13.7. The number of amides is 1. The molecule has 1 rings (SSSR count). The van der Waals surface area contributed by atoms with Crippen LogP contribution in [0.25, 0.3) is 0 Å². The summed E-state index contributed by atoms with van der Waals surface area (Å²) in [6, 6.07) is 0.251. The van der Waals surface area contributed by atoms with Gasteiger partial charge in [-0.05, 0) is 24.7 Å². The number of rotatable bonds is 4. The summed E-state index contributed by atoms with van der Waals surface area (Å²) < 4.78 is 0. The monoisotopic (exact) mass is 248 g/mol. The molecule has 1 aliphatic carbocycles. The second kappa shape index (κ2) is 7.13. The van der Waals surface area contributed by atoms with E-state index in [0.717, 1.165) is 19.4 Å². The number of halogens is 1. The van der Waals surface area contributed by atoms with Gasteiger partial charge in [-0.15, -0.1) is 12.4 Å². The molecule has 0 aromatic carbocycles. The minimum Gasteiger partial charge on any atom is -0.345 e. The molecular formula is C12H25ClN2O. The fourth-order valence-corrected chi connectivity index (χ4v) is 2.35. The first-order valence-electron chi connectivity index (χ1n) is 6.00. The average molecular weight is 249 g/mol. The normalized spacial score (nSPS) is 24.3. The van der Waals surface area contributed by atoms with Gasteiger partial charge >= 0.3 is 0 Å². The quantitative estimate of drug-likeness (QED) is 0.828. The van der Waals surface area contributed by atoms with E-state index < -0.39 is 0 Å². The van der Waals surface area contributed by atoms with Gasteiger partial charge in [0.05, 0.1) is 0 Å². The highest BCUT2D eigenvalue weighted by molar-refractivity contribution is 5.85. The zero-order valence-corrected chi connectivity index (χ0v) is 11.4. The Hall–Kier alpha value is -0.280. The number of carbonyl (C=O) groups excluding carboxylic acids is 1. The van der Waals surface area contributed by atoms with Crippen LogP contribution in [0.2, 0.25) is 0 Å². The van der Waals surface area contributed by atoms with Gasteiger partial charge in [0.15, 0.2) is 0 Å². The third kappa shape index (κ3) is 4.71. The van der Waals surface area contributed by atoms with E-state index in [-0.39, 0.29) is 24.4 Å². The van der Waals surface area contributed by atoms with Gasteiger partial charge in [0.25, 0.3) is 0 Å². The van der Waals surface area contributed by atoms with Crippen LogP contribution < -0.4 is 5.73 Å². The van der Waals surface area contributed by atoms with E-state index in [1.54, 1.807) is 0 Å². The molecule has 0 bridgehead atoms. The molecule has 3 nitrogen and oxygen atoms in total. The van der Waals surface area contributed by atoms with Crippen molar-refractivity contribution in [3.8, 4) is 0 Å². The van der Waals surface area contributed by atoms with Gasteiger partial charge in [0.1, 0.15) is 0 Å². The van der Waals surface area contributed by atoms with Gasteiger partial charge in [-0.1, -0.05) is 20.3 Å². The molecule has 1 amide bonds. The van der Waals surface area contributed by atoms with Crippen LogP contribution in [0, 0.1) is 11.8 Å². The molecule has 2 N–H and O–H groups in total. The molecule has 0 radical (unpaired) electrons. The lowest BCUT2D eigenvalue weighted by molar-refractivity contribution is -0.131. The molecule has 0 aromatic heterocycles. The molecule has 0 spiro atoms. The third-order valence-corrected chi connectivity index (χ3v) is 3.22. The number of hydrogen-bond donors (Lipinski definition) is 1. The summed E-state index contributed by atoms with van der Waals surface area (Å²) in [5.74, 6) is 1.22. The van der Waals surface area contributed by atoms with Gasteiger partial charge < -0.3 is 10.6 Å². The van der Waals surface area contributed by atoms with E-state index in [9.17, 15) is 4.79 Å². The highest BCUT2D eigenvalue weighted by atomic mass is 35.5. The van der Waals surface area contributed by atoms with Crippen LogP contribution in [0.4, 0.5) is 0 Å². The maximum Gasteiger partial charge on any atom is 0.222 e. The fraction of sp³-hybridized carbons (Fsp3) is 0.917. The molecule has 0 aromatic rings. The van der Waals surface area contributed by atoms with Crippen LogP contribution in [0.1, 0.15) is 39.5 Å². The van der Waals surface area contributed by atoms with E-state index >= 15 is 0 Å². The van der Waals surface area contributed by atoms with E-state index in [0.29, 0.717) is 18.3 Å². The lowest BCUT2D eigenvalue weighted by atomic mass is 9.99. The van der Waals surface area contributed by atoms with Gasteiger partial charge in [0, 0.05) is 26.1 Å². The molecule has 0 heterocycles. The summed E-state index contributed by atoms with van der Waals surface area (Å²) >= 11 is 0. The summed E-state index contributed by atoms with van der Waals surface area (Å²) in [5, 5.41) is 0. The first-order chi connectivity index (χ1) is 7.00. The zero-order chi connectivity index (χ0) is 11.4. The maximum absolute atomic E-state index is 11.9. The van der Waals surface area contributed by atoms with E-state index in [1.165, 1.54) is 6.42 Å². The van der Waals surface area contributed by atoms with Crippen LogP contribution in [0.3, 0.4) is 0 Å². The highest BCUT2D eigenvalue weighted by Crippen LogP contribution is 2.27. The third-order valence-electron chi connectivity index (χ3n) is 3.22. The Morgan fingerprint density at radius 1 is 1.44 bits per heavy atom. The van der Waals surface area contributed by atoms with Crippen molar-refractivity contribution in [3.63, 3.8) is 0 Å². The average Bonchev–Trinajstić information content (AvgIpc) is 2.50. The molecular weight excluding hydrogens is 224 g/mol. The van der Waals surface area contributed by atoms with Gasteiger partial charge in [-0.3, -0.25) is 4.79 Å². The summed E-state index contributed by atoms with van der Waals surface area (Å²) in [6.45, 7) is 5.11. The van der Waals surface area contributed by atoms with Crippen LogP contribution >= 0.6 is 12.4 Å². The molecule has 0 saturated heterocycles. The van der Waals surface area contributed by atoms with Crippen LogP contribution in [-0.4, -0.2) is 30.4 Å². The Bertz CT molecular complexity index is 221. The SMILES string of the molecule is CC(C)CN(C)C(=O)C[C@@H]1CCC[C@H]1N.Cl. The summed E-state index contributed by atoms with van der Waals surface area (Å²) in [7, 11) is 1.89. The van der Waals surface area contributed by atoms with Gasteiger partial charge in [-0.25, -0.2) is 0 Å². The lowest BCUT2D eigenvalue weighted by Crippen LogP contribution is -2.34. The lowest BCUT2D eigenvalue weighted by Gasteiger charge is -2.22. The topological polar surface area (TPSA) is 46.3 Å². The van der Waals surface area contributed by atoms with Crippen molar-refractivity contribution in [1.29, 1.82) is 0 Å². The van der Waals surface area contributed by atoms with E-state index in [4.69, 9.17) is 5.73 Å². The predicted molar refractivity (Wildman–Crippen MR) is 69.7 cm³/mol. The van der Waals surface area contributed by atoms with Crippen LogP contribution in [0.5, 0.6) is 0 Å². The molecule has 0 aliphatic heterocycles.